The van der Waals surface area contributed by atoms with E-state index in [-0.39, 0.29) is 0 Å². The number of nitrogens with one attached hydrogen (secondary N) is 1. The van der Waals surface area contributed by atoms with Gasteiger partial charge in [0.2, 0.25) is 0 Å². The summed E-state index contributed by atoms with van der Waals surface area (Å²) in [7, 11) is 0. The molecule has 1 unspecified atom stereocenters. The molecule has 3 heteroatoms. The maximum absolute atomic E-state index is 5.75. The van der Waals surface area contributed by atoms with Crippen LogP contribution in [0.15, 0.2) is 18.3 Å². The minimum absolute atomic E-state index is 0.460. The average Bonchev–Trinajstić information content (AvgIpc) is 2.16. The molecule has 1 aromatic rings. The van der Waals surface area contributed by atoms with E-state index in [1.54, 1.807) is 6.20 Å². The average molecular weight is 193 g/mol. The Bertz CT molecular complexity index is 284. The molecule has 0 bridgehead atoms. The van der Waals surface area contributed by atoms with Crippen LogP contribution in [0, 0.1) is 5.92 Å². The van der Waals surface area contributed by atoms with Crippen LogP contribution in [0.4, 0.5) is 11.5 Å². The number of nitrogen functional groups attached to an aromatic ring is 1. The van der Waals surface area contributed by atoms with E-state index in [1.807, 2.05) is 12.1 Å². The molecule has 0 amide bonds. The highest BCUT2D eigenvalue weighted by molar-refractivity contribution is 5.61. The minimum atomic E-state index is 0.460. The first-order valence-corrected chi connectivity index (χ1v) is 5.12. The molecule has 0 radical (unpaired) electrons. The summed E-state index contributed by atoms with van der Waals surface area (Å²) < 4.78 is 0. The van der Waals surface area contributed by atoms with Crippen molar-refractivity contribution in [1.82, 2.24) is 4.98 Å². The highest BCUT2D eigenvalue weighted by atomic mass is 15.0. The summed E-state index contributed by atoms with van der Waals surface area (Å²) in [5.41, 5.74) is 6.69. The van der Waals surface area contributed by atoms with Gasteiger partial charge in [0.1, 0.15) is 5.82 Å². The van der Waals surface area contributed by atoms with E-state index in [9.17, 15) is 0 Å². The van der Waals surface area contributed by atoms with Gasteiger partial charge in [-0.25, -0.2) is 4.98 Å². The van der Waals surface area contributed by atoms with Gasteiger partial charge >= 0.3 is 0 Å². The molecule has 0 aromatic carbocycles. The smallest absolute Gasteiger partial charge is 0.146 e. The Balaban J connectivity index is 2.72. The number of rotatable bonds is 4. The lowest BCUT2D eigenvalue weighted by molar-refractivity contribution is 0.511. The first-order valence-electron chi connectivity index (χ1n) is 5.12. The lowest BCUT2D eigenvalue weighted by atomic mass is 10.0. The van der Waals surface area contributed by atoms with Crippen LogP contribution in [0.25, 0.3) is 0 Å². The van der Waals surface area contributed by atoms with Gasteiger partial charge in [-0.2, -0.15) is 0 Å². The molecule has 1 aromatic heterocycles. The molecule has 0 saturated carbocycles. The second-order valence-electron chi connectivity index (χ2n) is 3.84. The Hall–Kier alpha value is -1.25. The standard InChI is InChI=1S/C11H19N3/c1-4-9(8(2)3)14-10-6-5-7-13-11(10)12/h5-9,14H,4H2,1-3H3,(H2,12,13). The van der Waals surface area contributed by atoms with Gasteiger partial charge in [0, 0.05) is 12.2 Å². The minimum Gasteiger partial charge on any atom is -0.382 e. The van der Waals surface area contributed by atoms with Gasteiger partial charge in [0.05, 0.1) is 5.69 Å². The third-order valence-corrected chi connectivity index (χ3v) is 2.42. The van der Waals surface area contributed by atoms with Gasteiger partial charge in [0.15, 0.2) is 0 Å². The summed E-state index contributed by atoms with van der Waals surface area (Å²) in [5.74, 6) is 1.17. The summed E-state index contributed by atoms with van der Waals surface area (Å²) in [6.45, 7) is 6.58. The molecule has 0 aliphatic carbocycles. The van der Waals surface area contributed by atoms with E-state index >= 15 is 0 Å². The van der Waals surface area contributed by atoms with Gasteiger partial charge in [-0.3, -0.25) is 0 Å². The zero-order valence-electron chi connectivity index (χ0n) is 9.12. The van der Waals surface area contributed by atoms with Crippen LogP contribution in [-0.4, -0.2) is 11.0 Å². The van der Waals surface area contributed by atoms with E-state index in [4.69, 9.17) is 5.73 Å². The number of hydrogen-bond donors (Lipinski definition) is 2. The Morgan fingerprint density at radius 3 is 2.71 bits per heavy atom. The Morgan fingerprint density at radius 1 is 1.50 bits per heavy atom. The van der Waals surface area contributed by atoms with E-state index in [0.29, 0.717) is 17.8 Å². The summed E-state index contributed by atoms with van der Waals surface area (Å²) in [4.78, 5) is 4.04. The number of nitrogens with two attached hydrogens (primary N) is 1. The first kappa shape index (κ1) is 10.8. The number of anilines is 2. The van der Waals surface area contributed by atoms with Crippen molar-refractivity contribution in [2.45, 2.75) is 33.2 Å². The summed E-state index contributed by atoms with van der Waals surface area (Å²) in [6, 6.07) is 4.32. The van der Waals surface area contributed by atoms with Crippen LogP contribution >= 0.6 is 0 Å². The second-order valence-corrected chi connectivity index (χ2v) is 3.84. The van der Waals surface area contributed by atoms with Gasteiger partial charge in [-0.15, -0.1) is 0 Å². The van der Waals surface area contributed by atoms with Gasteiger partial charge in [-0.1, -0.05) is 20.8 Å². The summed E-state index contributed by atoms with van der Waals surface area (Å²) in [5, 5.41) is 3.41. The fourth-order valence-electron chi connectivity index (χ4n) is 1.48. The van der Waals surface area contributed by atoms with Crippen LogP contribution in [-0.2, 0) is 0 Å². The zero-order chi connectivity index (χ0) is 10.6. The topological polar surface area (TPSA) is 50.9 Å². The number of hydrogen-bond acceptors (Lipinski definition) is 3. The number of pyridine rings is 1. The third-order valence-electron chi connectivity index (χ3n) is 2.42. The van der Waals surface area contributed by atoms with Crippen LogP contribution < -0.4 is 11.1 Å². The molecule has 14 heavy (non-hydrogen) atoms. The predicted octanol–water partition coefficient (Wildman–Crippen LogP) is 2.51. The van der Waals surface area contributed by atoms with E-state index in [0.717, 1.165) is 12.1 Å². The third kappa shape index (κ3) is 2.62. The Morgan fingerprint density at radius 2 is 2.21 bits per heavy atom. The first-order chi connectivity index (χ1) is 6.65. The number of aromatic nitrogens is 1. The van der Waals surface area contributed by atoms with Crippen molar-refractivity contribution in [3.8, 4) is 0 Å². The maximum Gasteiger partial charge on any atom is 0.146 e. The number of nitrogens with zero attached hydrogens (tertiary/aromatic N) is 1. The van der Waals surface area contributed by atoms with Crippen molar-refractivity contribution >= 4 is 11.5 Å². The molecule has 78 valence electrons. The highest BCUT2D eigenvalue weighted by Gasteiger charge is 2.11. The monoisotopic (exact) mass is 193 g/mol. The van der Waals surface area contributed by atoms with E-state index < -0.39 is 0 Å². The molecular formula is C11H19N3. The molecule has 3 N–H and O–H groups in total. The zero-order valence-corrected chi connectivity index (χ0v) is 9.12. The van der Waals surface area contributed by atoms with Crippen molar-refractivity contribution in [2.24, 2.45) is 5.92 Å². The molecular weight excluding hydrogens is 174 g/mol. The van der Waals surface area contributed by atoms with Crippen molar-refractivity contribution in [2.75, 3.05) is 11.1 Å². The van der Waals surface area contributed by atoms with Crippen molar-refractivity contribution in [1.29, 1.82) is 0 Å². The molecule has 0 saturated heterocycles. The molecule has 0 aliphatic rings. The fourth-order valence-corrected chi connectivity index (χ4v) is 1.48. The lowest BCUT2D eigenvalue weighted by Gasteiger charge is -2.22. The van der Waals surface area contributed by atoms with Crippen LogP contribution in [0.5, 0.6) is 0 Å². The molecule has 0 spiro atoms. The van der Waals surface area contributed by atoms with Crippen molar-refractivity contribution in [3.63, 3.8) is 0 Å². The van der Waals surface area contributed by atoms with Crippen LogP contribution in [0.3, 0.4) is 0 Å². The van der Waals surface area contributed by atoms with Crippen LogP contribution in [0.1, 0.15) is 27.2 Å². The van der Waals surface area contributed by atoms with Gasteiger partial charge < -0.3 is 11.1 Å². The van der Waals surface area contributed by atoms with E-state index in [1.165, 1.54) is 0 Å². The molecule has 0 aliphatic heterocycles. The molecule has 1 rings (SSSR count). The quantitative estimate of drug-likeness (QED) is 0.772. The van der Waals surface area contributed by atoms with Gasteiger partial charge in [0.25, 0.3) is 0 Å². The van der Waals surface area contributed by atoms with Gasteiger partial charge in [-0.05, 0) is 24.5 Å². The summed E-state index contributed by atoms with van der Waals surface area (Å²) in [6.07, 6.45) is 2.79. The normalized spacial score (nSPS) is 12.9. The second kappa shape index (κ2) is 4.84. The van der Waals surface area contributed by atoms with E-state index in [2.05, 4.69) is 31.1 Å². The molecule has 1 atom stereocenters. The Kier molecular flexibility index (Phi) is 3.74. The lowest BCUT2D eigenvalue weighted by Crippen LogP contribution is -2.25. The van der Waals surface area contributed by atoms with Crippen LogP contribution in [0.2, 0.25) is 0 Å². The maximum atomic E-state index is 5.75. The summed E-state index contributed by atoms with van der Waals surface area (Å²) >= 11 is 0. The highest BCUT2D eigenvalue weighted by Crippen LogP contribution is 2.18. The van der Waals surface area contributed by atoms with Crippen molar-refractivity contribution < 1.29 is 0 Å². The molecule has 3 nitrogen and oxygen atoms in total. The molecule has 0 fully saturated rings. The van der Waals surface area contributed by atoms with Crippen molar-refractivity contribution in [3.05, 3.63) is 18.3 Å². The predicted molar refractivity (Wildman–Crippen MR) is 61.2 cm³/mol. The Labute approximate surface area is 85.7 Å². The SMILES string of the molecule is CCC(Nc1cccnc1N)C(C)C. The molecule has 1 heterocycles. The fraction of sp³-hybridized carbons (Fsp3) is 0.545. The largest absolute Gasteiger partial charge is 0.382 e.